The third-order valence-corrected chi connectivity index (χ3v) is 6.71. The highest BCUT2D eigenvalue weighted by Crippen LogP contribution is 2.47. The van der Waals surface area contributed by atoms with Crippen molar-refractivity contribution in [2.45, 2.75) is 82.6 Å². The fourth-order valence-electron chi connectivity index (χ4n) is 4.27. The predicted molar refractivity (Wildman–Crippen MR) is 116 cm³/mol. The normalized spacial score (nSPS) is 27.6. The van der Waals surface area contributed by atoms with Crippen molar-refractivity contribution in [2.75, 3.05) is 24.2 Å². The first-order chi connectivity index (χ1) is 14.5. The van der Waals surface area contributed by atoms with Gasteiger partial charge >= 0.3 is 0 Å². The van der Waals surface area contributed by atoms with Crippen molar-refractivity contribution < 1.29 is 14.6 Å². The average Bonchev–Trinajstić information content (AvgIpc) is 3.36. The van der Waals surface area contributed by atoms with E-state index < -0.39 is 5.79 Å². The molecule has 0 spiro atoms. The number of hydrogen-bond acceptors (Lipinski definition) is 9. The molecular weight excluding hydrogens is 404 g/mol. The van der Waals surface area contributed by atoms with E-state index in [1.807, 2.05) is 18.5 Å². The van der Waals surface area contributed by atoms with E-state index in [0.29, 0.717) is 17.6 Å². The van der Waals surface area contributed by atoms with Crippen LogP contribution in [0, 0.1) is 5.92 Å². The topological polar surface area (TPSA) is 107 Å². The van der Waals surface area contributed by atoms with Crippen molar-refractivity contribution in [3.8, 4) is 0 Å². The van der Waals surface area contributed by atoms with Crippen LogP contribution in [0.4, 0.5) is 5.82 Å². The quantitative estimate of drug-likeness (QED) is 0.348. The van der Waals surface area contributed by atoms with E-state index >= 15 is 0 Å². The van der Waals surface area contributed by atoms with Gasteiger partial charge in [0.05, 0.1) is 12.1 Å². The van der Waals surface area contributed by atoms with Gasteiger partial charge in [0.25, 0.3) is 0 Å². The summed E-state index contributed by atoms with van der Waals surface area (Å²) < 4.78 is 14.2. The van der Waals surface area contributed by atoms with E-state index in [1.54, 1.807) is 11.8 Å². The number of aromatic nitrogens is 5. The van der Waals surface area contributed by atoms with Crippen LogP contribution in [0.5, 0.6) is 0 Å². The molecule has 1 saturated carbocycles. The second-order valence-corrected chi connectivity index (χ2v) is 9.56. The summed E-state index contributed by atoms with van der Waals surface area (Å²) in [6.45, 7) is 9.01. The summed E-state index contributed by atoms with van der Waals surface area (Å²) in [6.07, 6.45) is 3.56. The number of unbranched alkanes of at least 4 members (excludes halogenated alkanes) is 1. The molecule has 0 bridgehead atoms. The van der Waals surface area contributed by atoms with Crippen molar-refractivity contribution >= 4 is 28.7 Å². The standard InChI is InChI=1S/C20H32N6O3S/c1-5-7-8-21-17-14-18(23-19(22-17)30-9-6-2)26(25-24-14)13-10-12(11-27)15-16(13)29-20(3,4)28-15/h12-13,15-16,27H,5-11H2,1-4H3,(H,21,22,23). The molecule has 0 radical (unpaired) electrons. The molecule has 0 aromatic carbocycles. The molecule has 1 aliphatic heterocycles. The van der Waals surface area contributed by atoms with E-state index in [4.69, 9.17) is 19.4 Å². The van der Waals surface area contributed by atoms with Crippen LogP contribution in [-0.2, 0) is 9.47 Å². The number of anilines is 1. The first-order valence-corrected chi connectivity index (χ1v) is 11.9. The molecule has 2 fully saturated rings. The molecule has 4 atom stereocenters. The van der Waals surface area contributed by atoms with Crippen LogP contribution in [0.3, 0.4) is 0 Å². The maximum atomic E-state index is 9.90. The number of hydrogen-bond donors (Lipinski definition) is 2. The van der Waals surface area contributed by atoms with Gasteiger partial charge in [-0.2, -0.15) is 0 Å². The zero-order valence-electron chi connectivity index (χ0n) is 18.2. The van der Waals surface area contributed by atoms with Crippen molar-refractivity contribution in [3.05, 3.63) is 0 Å². The minimum Gasteiger partial charge on any atom is -0.396 e. The summed E-state index contributed by atoms with van der Waals surface area (Å²) >= 11 is 1.64. The Labute approximate surface area is 181 Å². The molecule has 2 N–H and O–H groups in total. The maximum absolute atomic E-state index is 9.90. The smallest absolute Gasteiger partial charge is 0.191 e. The number of ether oxygens (including phenoxy) is 2. The molecule has 3 heterocycles. The van der Waals surface area contributed by atoms with Crippen molar-refractivity contribution in [1.29, 1.82) is 0 Å². The van der Waals surface area contributed by atoms with E-state index in [0.717, 1.165) is 42.5 Å². The number of nitrogens with zero attached hydrogens (tertiary/aromatic N) is 5. The van der Waals surface area contributed by atoms with Crippen molar-refractivity contribution in [2.24, 2.45) is 5.92 Å². The number of thioether (sulfide) groups is 1. The summed E-state index contributed by atoms with van der Waals surface area (Å²) in [5.74, 6) is 1.00. The van der Waals surface area contributed by atoms with E-state index in [-0.39, 0.29) is 30.8 Å². The third kappa shape index (κ3) is 4.15. The highest BCUT2D eigenvalue weighted by molar-refractivity contribution is 7.99. The Bertz CT molecular complexity index is 876. The van der Waals surface area contributed by atoms with Crippen molar-refractivity contribution in [3.63, 3.8) is 0 Å². The van der Waals surface area contributed by atoms with Gasteiger partial charge in [-0.25, -0.2) is 14.6 Å². The number of nitrogens with one attached hydrogen (secondary N) is 1. The molecule has 30 heavy (non-hydrogen) atoms. The average molecular weight is 437 g/mol. The minimum absolute atomic E-state index is 0.000973. The van der Waals surface area contributed by atoms with Gasteiger partial charge < -0.3 is 19.9 Å². The Hall–Kier alpha value is -1.49. The van der Waals surface area contributed by atoms with Gasteiger partial charge in [0.15, 0.2) is 27.9 Å². The van der Waals surface area contributed by atoms with Crippen LogP contribution in [0.25, 0.3) is 11.2 Å². The molecule has 1 aliphatic carbocycles. The van der Waals surface area contributed by atoms with E-state index in [1.165, 1.54) is 0 Å². The Balaban J connectivity index is 1.71. The lowest BCUT2D eigenvalue weighted by Gasteiger charge is -2.23. The largest absolute Gasteiger partial charge is 0.396 e. The Morgan fingerprint density at radius 3 is 2.73 bits per heavy atom. The zero-order chi connectivity index (χ0) is 21.3. The molecule has 2 aromatic rings. The molecule has 0 amide bonds. The summed E-state index contributed by atoms with van der Waals surface area (Å²) in [5.41, 5.74) is 1.38. The molecule has 1 saturated heterocycles. The molecule has 2 aromatic heterocycles. The van der Waals surface area contributed by atoms with Gasteiger partial charge in [-0.05, 0) is 33.1 Å². The molecule has 4 unspecified atom stereocenters. The fourth-order valence-corrected chi connectivity index (χ4v) is 4.97. The number of aliphatic hydroxyl groups is 1. The van der Waals surface area contributed by atoms with E-state index in [9.17, 15) is 5.11 Å². The van der Waals surface area contributed by atoms with Crippen LogP contribution < -0.4 is 5.32 Å². The highest BCUT2D eigenvalue weighted by atomic mass is 32.2. The fraction of sp³-hybridized carbons (Fsp3) is 0.800. The monoisotopic (exact) mass is 436 g/mol. The van der Waals surface area contributed by atoms with Crippen LogP contribution in [-0.4, -0.2) is 67.0 Å². The van der Waals surface area contributed by atoms with E-state index in [2.05, 4.69) is 29.5 Å². The van der Waals surface area contributed by atoms with Crippen molar-refractivity contribution in [1.82, 2.24) is 25.0 Å². The molecule has 9 nitrogen and oxygen atoms in total. The highest BCUT2D eigenvalue weighted by Gasteiger charge is 2.55. The number of rotatable bonds is 9. The number of fused-ring (bicyclic) bond motifs is 2. The number of aliphatic hydroxyl groups excluding tert-OH is 1. The lowest BCUT2D eigenvalue weighted by molar-refractivity contribution is -0.162. The molecule has 4 rings (SSSR count). The first-order valence-electron chi connectivity index (χ1n) is 10.9. The van der Waals surface area contributed by atoms with Gasteiger partial charge in [0.2, 0.25) is 0 Å². The Kier molecular flexibility index (Phi) is 6.47. The second kappa shape index (κ2) is 8.94. The molecule has 10 heteroatoms. The summed E-state index contributed by atoms with van der Waals surface area (Å²) in [6, 6.07) is -0.0960. The van der Waals surface area contributed by atoms with Crippen LogP contribution in [0.15, 0.2) is 5.16 Å². The van der Waals surface area contributed by atoms with Crippen LogP contribution in [0.1, 0.15) is 59.4 Å². The second-order valence-electron chi connectivity index (χ2n) is 8.50. The minimum atomic E-state index is -0.679. The molecule has 2 aliphatic rings. The first kappa shape index (κ1) is 21.7. The van der Waals surface area contributed by atoms with Crippen LogP contribution in [0.2, 0.25) is 0 Å². The van der Waals surface area contributed by atoms with Gasteiger partial charge in [-0.3, -0.25) is 0 Å². The molecular formula is C20H32N6O3S. The summed E-state index contributed by atoms with van der Waals surface area (Å²) in [4.78, 5) is 9.50. The SMILES string of the molecule is CCCCNc1nc(SCCC)nc2c1nnn2C1CC(CO)C2OC(C)(C)OC21. The maximum Gasteiger partial charge on any atom is 0.191 e. The molecule has 166 valence electrons. The zero-order valence-corrected chi connectivity index (χ0v) is 19.0. The Morgan fingerprint density at radius 1 is 1.20 bits per heavy atom. The third-order valence-electron chi connectivity index (χ3n) is 5.66. The lowest BCUT2D eigenvalue weighted by Crippen LogP contribution is -2.28. The van der Waals surface area contributed by atoms with Gasteiger partial charge in [0, 0.05) is 24.8 Å². The van der Waals surface area contributed by atoms with Gasteiger partial charge in [-0.15, -0.1) is 5.10 Å². The van der Waals surface area contributed by atoms with Crippen LogP contribution >= 0.6 is 11.8 Å². The lowest BCUT2D eigenvalue weighted by atomic mass is 10.1. The Morgan fingerprint density at radius 2 is 2.00 bits per heavy atom. The van der Waals surface area contributed by atoms with Gasteiger partial charge in [0.1, 0.15) is 6.10 Å². The van der Waals surface area contributed by atoms with Gasteiger partial charge in [-0.1, -0.05) is 37.2 Å². The summed E-state index contributed by atoms with van der Waals surface area (Å²) in [5, 5.41) is 22.9. The predicted octanol–water partition coefficient (Wildman–Crippen LogP) is 3.01. The summed E-state index contributed by atoms with van der Waals surface area (Å²) in [7, 11) is 0.